The van der Waals surface area contributed by atoms with Gasteiger partial charge in [0.25, 0.3) is 0 Å². The quantitative estimate of drug-likeness (QED) is 0.0528. The van der Waals surface area contributed by atoms with Crippen LogP contribution >= 0.6 is 0 Å². The number of rotatable bonds is 30. The third-order valence-electron chi connectivity index (χ3n) is 14.2. The number of nitrogens with one attached hydrogen (secondary N) is 4. The summed E-state index contributed by atoms with van der Waals surface area (Å²) in [5, 5.41) is 10.7. The average Bonchev–Trinajstić information content (AvgIpc) is 1.62. The molecule has 0 saturated carbocycles. The van der Waals surface area contributed by atoms with Gasteiger partial charge in [-0.3, -0.25) is 14.5 Å². The predicted octanol–water partition coefficient (Wildman–Crippen LogP) is 10.9. The molecular formula is C75H123N11O20. The van der Waals surface area contributed by atoms with Gasteiger partial charge in [0.15, 0.2) is 0 Å². The van der Waals surface area contributed by atoms with Crippen molar-refractivity contribution >= 4 is 66.7 Å². The Morgan fingerprint density at radius 2 is 0.500 bits per heavy atom. The zero-order chi connectivity index (χ0) is 80.6. The Kier molecular flexibility index (Phi) is 33.8. The summed E-state index contributed by atoms with van der Waals surface area (Å²) in [5.41, 5.74) is -3.55. The Balaban J connectivity index is 1.94. The maximum Gasteiger partial charge on any atom is 0.410 e. The number of carbonyl (C=O) groups excluding carboxylic acids is 11. The van der Waals surface area contributed by atoms with E-state index in [0.717, 1.165) is 27.2 Å². The first-order valence-corrected chi connectivity index (χ1v) is 36.0. The highest BCUT2D eigenvalue weighted by Crippen LogP contribution is 2.44. The van der Waals surface area contributed by atoms with E-state index in [1.165, 1.54) is 29.4 Å². The number of fused-ring (bicyclic) bond motifs is 3. The lowest BCUT2D eigenvalue weighted by atomic mass is 9.98. The van der Waals surface area contributed by atoms with Crippen molar-refractivity contribution in [3.8, 4) is 11.1 Å². The van der Waals surface area contributed by atoms with Gasteiger partial charge in [-0.05, 0) is 188 Å². The zero-order valence-electron chi connectivity index (χ0n) is 67.4. The molecule has 0 saturated heterocycles. The highest BCUT2D eigenvalue weighted by atomic mass is 16.6. The topological polar surface area (TPSA) is 342 Å². The molecule has 0 atom stereocenters. The number of nitrogens with zero attached hydrogens (tertiary/aromatic N) is 7. The Morgan fingerprint density at radius 3 is 0.736 bits per heavy atom. The van der Waals surface area contributed by atoms with E-state index in [9.17, 15) is 52.7 Å². The van der Waals surface area contributed by atoms with Gasteiger partial charge in [0.1, 0.15) is 64.5 Å². The molecule has 598 valence electrons. The monoisotopic (exact) mass is 1500 g/mol. The number of amides is 11. The molecule has 4 N–H and O–H groups in total. The highest BCUT2D eigenvalue weighted by molar-refractivity contribution is 5.87. The molecule has 11 amide bonds. The van der Waals surface area contributed by atoms with Crippen LogP contribution in [0, 0.1) is 0 Å². The van der Waals surface area contributed by atoms with Crippen molar-refractivity contribution in [2.24, 2.45) is 0 Å². The van der Waals surface area contributed by atoms with E-state index in [4.69, 9.17) is 42.6 Å². The molecule has 0 spiro atoms. The fourth-order valence-corrected chi connectivity index (χ4v) is 9.89. The van der Waals surface area contributed by atoms with E-state index in [2.05, 4.69) is 21.3 Å². The first-order chi connectivity index (χ1) is 48.6. The summed E-state index contributed by atoms with van der Waals surface area (Å²) in [6, 6.07) is 15.4. The Labute approximate surface area is 627 Å². The van der Waals surface area contributed by atoms with Gasteiger partial charge < -0.3 is 93.3 Å². The summed E-state index contributed by atoms with van der Waals surface area (Å²) in [6.45, 7) is 36.8. The van der Waals surface area contributed by atoms with Crippen LogP contribution in [-0.4, -0.2) is 270 Å². The second kappa shape index (κ2) is 39.4. The van der Waals surface area contributed by atoms with Crippen LogP contribution in [0.5, 0.6) is 0 Å². The van der Waals surface area contributed by atoms with Gasteiger partial charge in [0.2, 0.25) is 11.8 Å². The summed E-state index contributed by atoms with van der Waals surface area (Å²) >= 11 is 0. The predicted molar refractivity (Wildman–Crippen MR) is 398 cm³/mol. The first kappa shape index (κ1) is 91.0. The summed E-state index contributed by atoms with van der Waals surface area (Å²) < 4.78 is 51.2. The molecule has 106 heavy (non-hydrogen) atoms. The van der Waals surface area contributed by atoms with Crippen LogP contribution in [0.4, 0.5) is 43.2 Å². The third kappa shape index (κ3) is 37.2. The van der Waals surface area contributed by atoms with Gasteiger partial charge in [0, 0.05) is 111 Å². The Morgan fingerprint density at radius 1 is 0.283 bits per heavy atom. The highest BCUT2D eigenvalue weighted by Gasteiger charge is 2.35. The molecule has 3 rings (SSSR count). The SMILES string of the molecule is CC(C)(C)OC(=O)NCCN(CCN(CCN(CCNC(=O)CN(CC(=O)NCCN(CCN(CCN(CCNC(=O)OC(C)(C)C)C(=O)OC(C)(C)C)C(=O)OC(C)(C)C)C(=O)OC(C)(C)C)C(=O)OCC1c2ccccc2-c2ccccc21)C(=O)OC(C)(C)C)C(=O)OC(C)(C)C)C(=O)OC(C)(C)C. The van der Waals surface area contributed by atoms with Crippen LogP contribution in [0.2, 0.25) is 0 Å². The summed E-state index contributed by atoms with van der Waals surface area (Å²) in [4.78, 5) is 160. The lowest BCUT2D eigenvalue weighted by molar-refractivity contribution is -0.124. The number of hydrogen-bond acceptors (Lipinski definition) is 20. The number of benzene rings is 2. The van der Waals surface area contributed by atoms with Crippen LogP contribution in [0.15, 0.2) is 48.5 Å². The number of alkyl carbamates (subject to hydrolysis) is 2. The maximum absolute atomic E-state index is 14.4. The normalized spacial score (nSPS) is 12.5. The molecule has 0 fully saturated rings. The molecule has 0 aromatic heterocycles. The first-order valence-electron chi connectivity index (χ1n) is 36.0. The number of ether oxygens (including phenoxy) is 9. The molecule has 0 heterocycles. The van der Waals surface area contributed by atoms with Crippen molar-refractivity contribution in [1.29, 1.82) is 0 Å². The Bertz CT molecular complexity index is 3070. The van der Waals surface area contributed by atoms with Crippen LogP contribution < -0.4 is 21.3 Å². The van der Waals surface area contributed by atoms with Crippen LogP contribution in [0.3, 0.4) is 0 Å². The summed E-state index contributed by atoms with van der Waals surface area (Å²) in [5.74, 6) is -1.92. The molecule has 31 nitrogen and oxygen atoms in total. The molecule has 0 unspecified atom stereocenters. The molecule has 1 aliphatic carbocycles. The fourth-order valence-electron chi connectivity index (χ4n) is 9.89. The number of hydrogen-bond donors (Lipinski definition) is 4. The Hall–Kier alpha value is -9.19. The lowest BCUT2D eigenvalue weighted by Crippen LogP contribution is -2.50. The van der Waals surface area contributed by atoms with Gasteiger partial charge >= 0.3 is 54.8 Å². The fraction of sp³-hybridized carbons (Fsp3) is 0.693. The van der Waals surface area contributed by atoms with Gasteiger partial charge in [-0.15, -0.1) is 0 Å². The van der Waals surface area contributed by atoms with Crippen LogP contribution in [0.1, 0.15) is 183 Å². The molecular weight excluding hydrogens is 1370 g/mol. The summed E-state index contributed by atoms with van der Waals surface area (Å²) in [6.07, 6.45) is -7.02. The van der Waals surface area contributed by atoms with Gasteiger partial charge in [-0.2, -0.15) is 0 Å². The van der Waals surface area contributed by atoms with Gasteiger partial charge in [0.05, 0.1) is 0 Å². The van der Waals surface area contributed by atoms with Gasteiger partial charge in [-0.25, -0.2) is 43.2 Å². The molecule has 0 radical (unpaired) electrons. The van der Waals surface area contributed by atoms with Crippen molar-refractivity contribution < 1.29 is 95.4 Å². The van der Waals surface area contributed by atoms with E-state index in [1.54, 1.807) is 166 Å². The molecule has 0 bridgehead atoms. The maximum atomic E-state index is 14.4. The molecule has 2 aromatic carbocycles. The van der Waals surface area contributed by atoms with E-state index >= 15 is 0 Å². The smallest absolute Gasteiger partial charge is 0.410 e. The molecule has 1 aliphatic rings. The second-order valence-electron chi connectivity index (χ2n) is 33.5. The lowest BCUT2D eigenvalue weighted by Gasteiger charge is -2.33. The van der Waals surface area contributed by atoms with Crippen molar-refractivity contribution in [2.45, 2.75) is 217 Å². The molecule has 2 aromatic rings. The summed E-state index contributed by atoms with van der Waals surface area (Å²) in [7, 11) is 0. The largest absolute Gasteiger partial charge is 0.448 e. The number of carbonyl (C=O) groups is 11. The molecule has 31 heteroatoms. The molecule has 0 aliphatic heterocycles. The standard InChI is InChI=1S/C75H123N11O20/c1-68(2,3)99-59(89)78-35-39-82(64(94)103-72(13,14)15)43-47-84(66(96)105-74(19,20)21)45-41-80(62(92)101-70(7,8)9)37-33-76-57(87)49-86(61(91)98-51-56-54-31-27-25-29-52(54)53-30-26-28-32-55(53)56)50-58(88)77-34-38-81(63(93)102-71(10,11)12)42-46-85(67(97)106-75(22,23)24)48-44-83(65(95)104-73(16,17)18)40-36-79-60(90)100-69(4,5)6/h25-32,56H,33-51H2,1-24H3,(H,76,87)(H,77,88)(H,78,89)(H,79,90). The second-order valence-corrected chi connectivity index (χ2v) is 33.5. The van der Waals surface area contributed by atoms with Gasteiger partial charge in [-0.1, -0.05) is 48.5 Å². The van der Waals surface area contributed by atoms with E-state index in [1.807, 2.05) is 48.5 Å². The zero-order valence-corrected chi connectivity index (χ0v) is 67.4. The third-order valence-corrected chi connectivity index (χ3v) is 14.2. The minimum atomic E-state index is -1.02. The van der Waals surface area contributed by atoms with Crippen LogP contribution in [-0.2, 0) is 52.2 Å². The minimum Gasteiger partial charge on any atom is -0.448 e. The van der Waals surface area contributed by atoms with E-state index in [-0.39, 0.29) is 111 Å². The van der Waals surface area contributed by atoms with Crippen molar-refractivity contribution in [1.82, 2.24) is 55.6 Å². The minimum absolute atomic E-state index is 0.0290. The van der Waals surface area contributed by atoms with Crippen molar-refractivity contribution in [2.75, 3.05) is 124 Å². The van der Waals surface area contributed by atoms with Crippen molar-refractivity contribution in [3.05, 3.63) is 59.7 Å². The van der Waals surface area contributed by atoms with E-state index in [0.29, 0.717) is 0 Å². The van der Waals surface area contributed by atoms with E-state index < -0.39 is 130 Å². The average molecular weight is 1500 g/mol. The van der Waals surface area contributed by atoms with Crippen LogP contribution in [0.25, 0.3) is 11.1 Å². The van der Waals surface area contributed by atoms with Crippen molar-refractivity contribution in [3.63, 3.8) is 0 Å².